The van der Waals surface area contributed by atoms with Crippen molar-refractivity contribution in [3.63, 3.8) is 0 Å². The van der Waals surface area contributed by atoms with Crippen LogP contribution in [0.15, 0.2) is 4.99 Å². The Morgan fingerprint density at radius 2 is 2.42 bits per heavy atom. The van der Waals surface area contributed by atoms with Crippen LogP contribution < -0.4 is 5.73 Å². The second-order valence-electron chi connectivity index (χ2n) is 3.87. The van der Waals surface area contributed by atoms with E-state index < -0.39 is 0 Å². The second-order valence-corrected chi connectivity index (χ2v) is 3.87. The van der Waals surface area contributed by atoms with Crippen molar-refractivity contribution in [2.45, 2.75) is 38.1 Å². The summed E-state index contributed by atoms with van der Waals surface area (Å²) in [6.07, 6.45) is 4.90. The van der Waals surface area contributed by atoms with Gasteiger partial charge in [0.15, 0.2) is 0 Å². The van der Waals surface area contributed by atoms with Crippen LogP contribution in [-0.2, 0) is 4.74 Å². The molecule has 0 saturated heterocycles. The highest BCUT2D eigenvalue weighted by atomic mass is 16.5. The fourth-order valence-electron chi connectivity index (χ4n) is 2.08. The van der Waals surface area contributed by atoms with Crippen LogP contribution in [0.2, 0.25) is 0 Å². The van der Waals surface area contributed by atoms with Crippen LogP contribution in [-0.4, -0.2) is 18.2 Å². The van der Waals surface area contributed by atoms with E-state index in [0.29, 0.717) is 6.02 Å². The molecular weight excluding hydrogens is 152 g/mol. The Balaban J connectivity index is 2.11. The Hall–Kier alpha value is -0.730. The quantitative estimate of drug-likeness (QED) is 0.690. The molecule has 2 rings (SSSR count). The molecule has 1 fully saturated rings. The third kappa shape index (κ3) is 1.17. The van der Waals surface area contributed by atoms with Gasteiger partial charge in [-0.2, -0.15) is 0 Å². The molecule has 1 saturated carbocycles. The van der Waals surface area contributed by atoms with Crippen LogP contribution in [0.1, 0.15) is 32.6 Å². The molecule has 68 valence electrons. The lowest BCUT2D eigenvalue weighted by Crippen LogP contribution is -2.30. The zero-order valence-electron chi connectivity index (χ0n) is 7.55. The summed E-state index contributed by atoms with van der Waals surface area (Å²) in [4.78, 5) is 4.44. The highest BCUT2D eigenvalue weighted by Gasteiger charge is 2.48. The first-order valence-corrected chi connectivity index (χ1v) is 4.75. The maximum atomic E-state index is 5.53. The maximum absolute atomic E-state index is 5.53. The summed E-state index contributed by atoms with van der Waals surface area (Å²) >= 11 is 0. The largest absolute Gasteiger partial charge is 0.463 e. The van der Waals surface area contributed by atoms with Crippen molar-refractivity contribution in [2.24, 2.45) is 16.6 Å². The molecule has 1 atom stereocenters. The molecule has 0 bridgehead atoms. The summed E-state index contributed by atoms with van der Waals surface area (Å²) in [5.74, 6) is 0.749. The van der Waals surface area contributed by atoms with Crippen LogP contribution >= 0.6 is 0 Å². The second kappa shape index (κ2) is 2.64. The van der Waals surface area contributed by atoms with E-state index in [9.17, 15) is 0 Å². The lowest BCUT2D eigenvalue weighted by Gasteiger charge is -2.22. The van der Waals surface area contributed by atoms with Crippen LogP contribution in [0.4, 0.5) is 0 Å². The molecule has 3 heteroatoms. The third-order valence-electron chi connectivity index (χ3n) is 2.82. The van der Waals surface area contributed by atoms with Gasteiger partial charge < -0.3 is 10.5 Å². The molecule has 0 aromatic rings. The lowest BCUT2D eigenvalue weighted by atomic mass is 9.90. The molecule has 1 heterocycles. The van der Waals surface area contributed by atoms with Crippen LogP contribution in [0.5, 0.6) is 0 Å². The first-order chi connectivity index (χ1) is 5.77. The SMILES string of the molecule is CCCC1(C2CC2)COC(N)=N1. The Kier molecular flexibility index (Phi) is 1.74. The topological polar surface area (TPSA) is 47.6 Å². The molecule has 2 aliphatic rings. The predicted octanol–water partition coefficient (Wildman–Crippen LogP) is 1.28. The van der Waals surface area contributed by atoms with Crippen molar-refractivity contribution in [3.05, 3.63) is 0 Å². The van der Waals surface area contributed by atoms with E-state index in [0.717, 1.165) is 25.4 Å². The van der Waals surface area contributed by atoms with E-state index in [4.69, 9.17) is 10.5 Å². The molecule has 0 aromatic carbocycles. The van der Waals surface area contributed by atoms with E-state index in [-0.39, 0.29) is 5.54 Å². The van der Waals surface area contributed by atoms with Crippen molar-refractivity contribution in [1.29, 1.82) is 0 Å². The van der Waals surface area contributed by atoms with E-state index in [1.54, 1.807) is 0 Å². The molecule has 1 unspecified atom stereocenters. The van der Waals surface area contributed by atoms with Gasteiger partial charge in [-0.25, -0.2) is 4.99 Å². The number of rotatable bonds is 3. The average molecular weight is 168 g/mol. The molecule has 0 spiro atoms. The van der Waals surface area contributed by atoms with Gasteiger partial charge in [-0.15, -0.1) is 0 Å². The van der Waals surface area contributed by atoms with Crippen LogP contribution in [0.25, 0.3) is 0 Å². The smallest absolute Gasteiger partial charge is 0.282 e. The molecule has 0 amide bonds. The summed E-state index contributed by atoms with van der Waals surface area (Å²) in [7, 11) is 0. The number of nitrogens with zero attached hydrogens (tertiary/aromatic N) is 1. The number of hydrogen-bond donors (Lipinski definition) is 1. The Morgan fingerprint density at radius 3 is 2.83 bits per heavy atom. The standard InChI is InChI=1S/C9H16N2O/c1-2-5-9(7-3-4-7)6-12-8(10)11-9/h7H,2-6H2,1H3,(H2,10,11). The van der Waals surface area contributed by atoms with Crippen molar-refractivity contribution < 1.29 is 4.74 Å². The van der Waals surface area contributed by atoms with Crippen LogP contribution in [0, 0.1) is 5.92 Å². The van der Waals surface area contributed by atoms with Gasteiger partial charge in [0.2, 0.25) is 0 Å². The number of hydrogen-bond acceptors (Lipinski definition) is 3. The van der Waals surface area contributed by atoms with Crippen molar-refractivity contribution >= 4 is 6.02 Å². The molecule has 0 aromatic heterocycles. The molecule has 2 N–H and O–H groups in total. The summed E-state index contributed by atoms with van der Waals surface area (Å²) < 4.78 is 5.25. The Morgan fingerprint density at radius 1 is 1.67 bits per heavy atom. The summed E-state index contributed by atoms with van der Waals surface area (Å²) in [6.45, 7) is 2.91. The Bertz CT molecular complexity index is 211. The first kappa shape index (κ1) is 7.90. The van der Waals surface area contributed by atoms with Gasteiger partial charge in [0.25, 0.3) is 6.02 Å². The lowest BCUT2D eigenvalue weighted by molar-refractivity contribution is 0.220. The highest BCUT2D eigenvalue weighted by Crippen LogP contribution is 2.46. The Labute approximate surface area is 73.0 Å². The van der Waals surface area contributed by atoms with Crippen molar-refractivity contribution in [3.8, 4) is 0 Å². The molecular formula is C9H16N2O. The molecule has 1 aliphatic heterocycles. The predicted molar refractivity (Wildman–Crippen MR) is 47.9 cm³/mol. The number of aliphatic imine (C=N–C) groups is 1. The molecule has 3 nitrogen and oxygen atoms in total. The van der Waals surface area contributed by atoms with E-state index >= 15 is 0 Å². The van der Waals surface area contributed by atoms with Gasteiger partial charge >= 0.3 is 0 Å². The summed E-state index contributed by atoms with van der Waals surface area (Å²) in [5.41, 5.74) is 5.60. The molecule has 0 radical (unpaired) electrons. The van der Waals surface area contributed by atoms with Gasteiger partial charge in [0, 0.05) is 0 Å². The molecule has 1 aliphatic carbocycles. The van der Waals surface area contributed by atoms with Gasteiger partial charge in [-0.05, 0) is 25.2 Å². The zero-order valence-corrected chi connectivity index (χ0v) is 7.55. The van der Waals surface area contributed by atoms with Crippen molar-refractivity contribution in [1.82, 2.24) is 0 Å². The fourth-order valence-corrected chi connectivity index (χ4v) is 2.08. The van der Waals surface area contributed by atoms with Gasteiger partial charge in [-0.1, -0.05) is 13.3 Å². The van der Waals surface area contributed by atoms with Crippen molar-refractivity contribution in [2.75, 3.05) is 6.61 Å². The number of nitrogens with two attached hydrogens (primary N) is 1. The van der Waals surface area contributed by atoms with E-state index in [2.05, 4.69) is 11.9 Å². The zero-order chi connectivity index (χ0) is 8.60. The average Bonchev–Trinajstić information content (AvgIpc) is 2.80. The third-order valence-corrected chi connectivity index (χ3v) is 2.82. The number of amidine groups is 1. The fraction of sp³-hybridized carbons (Fsp3) is 0.889. The molecule has 12 heavy (non-hydrogen) atoms. The minimum absolute atomic E-state index is 0.0683. The maximum Gasteiger partial charge on any atom is 0.282 e. The summed E-state index contributed by atoms with van der Waals surface area (Å²) in [6, 6.07) is 0.398. The summed E-state index contributed by atoms with van der Waals surface area (Å²) in [5, 5.41) is 0. The van der Waals surface area contributed by atoms with Gasteiger partial charge in [0.05, 0.1) is 0 Å². The number of ether oxygens (including phenoxy) is 1. The van der Waals surface area contributed by atoms with Crippen LogP contribution in [0.3, 0.4) is 0 Å². The van der Waals surface area contributed by atoms with E-state index in [1.165, 1.54) is 12.8 Å². The van der Waals surface area contributed by atoms with E-state index in [1.807, 2.05) is 0 Å². The van der Waals surface area contributed by atoms with Gasteiger partial charge in [0.1, 0.15) is 12.1 Å². The normalized spacial score (nSPS) is 34.6. The monoisotopic (exact) mass is 168 g/mol. The first-order valence-electron chi connectivity index (χ1n) is 4.75. The minimum Gasteiger partial charge on any atom is -0.463 e. The minimum atomic E-state index is 0.0683. The van der Waals surface area contributed by atoms with Gasteiger partial charge in [-0.3, -0.25) is 0 Å². The highest BCUT2D eigenvalue weighted by molar-refractivity contribution is 5.73.